The summed E-state index contributed by atoms with van der Waals surface area (Å²) < 4.78 is 0. The fourth-order valence-electron chi connectivity index (χ4n) is 3.53. The van der Waals surface area contributed by atoms with Gasteiger partial charge in [0.1, 0.15) is 5.82 Å². The van der Waals surface area contributed by atoms with E-state index in [0.29, 0.717) is 11.6 Å². The van der Waals surface area contributed by atoms with Crippen molar-refractivity contribution in [1.29, 1.82) is 0 Å². The SMILES string of the molecule is Cc1ccc(NC(=O)C2CC(=O)Nc3nc(N4CCCC4)[nH]c(=O)c32)cc1. The summed E-state index contributed by atoms with van der Waals surface area (Å²) >= 11 is 0. The maximum absolute atomic E-state index is 12.8. The molecule has 1 aromatic heterocycles. The van der Waals surface area contributed by atoms with E-state index >= 15 is 0 Å². The van der Waals surface area contributed by atoms with Crippen molar-refractivity contribution in [2.75, 3.05) is 28.6 Å². The first-order valence-electron chi connectivity index (χ1n) is 9.08. The van der Waals surface area contributed by atoms with Crippen molar-refractivity contribution < 1.29 is 9.59 Å². The summed E-state index contributed by atoms with van der Waals surface area (Å²) in [4.78, 5) is 46.8. The van der Waals surface area contributed by atoms with E-state index in [0.717, 1.165) is 31.5 Å². The molecule has 0 aliphatic carbocycles. The Labute approximate surface area is 156 Å². The summed E-state index contributed by atoms with van der Waals surface area (Å²) in [5.74, 6) is -0.968. The molecule has 2 aliphatic rings. The summed E-state index contributed by atoms with van der Waals surface area (Å²) in [7, 11) is 0. The highest BCUT2D eigenvalue weighted by molar-refractivity contribution is 6.04. The van der Waals surface area contributed by atoms with E-state index in [4.69, 9.17) is 0 Å². The zero-order valence-electron chi connectivity index (χ0n) is 15.0. The Balaban J connectivity index is 1.65. The number of nitrogens with zero attached hydrogens (tertiary/aromatic N) is 2. The van der Waals surface area contributed by atoms with Crippen molar-refractivity contribution in [3.63, 3.8) is 0 Å². The van der Waals surface area contributed by atoms with Crippen molar-refractivity contribution in [1.82, 2.24) is 9.97 Å². The van der Waals surface area contributed by atoms with E-state index in [-0.39, 0.29) is 29.3 Å². The molecule has 8 heteroatoms. The number of hydrogen-bond donors (Lipinski definition) is 3. The molecule has 1 saturated heterocycles. The van der Waals surface area contributed by atoms with Crippen LogP contribution in [-0.4, -0.2) is 34.9 Å². The predicted octanol–water partition coefficient (Wildman–Crippen LogP) is 1.74. The van der Waals surface area contributed by atoms with Crippen molar-refractivity contribution in [3.8, 4) is 0 Å². The first-order chi connectivity index (χ1) is 13.0. The molecule has 1 aromatic carbocycles. The largest absolute Gasteiger partial charge is 0.342 e. The van der Waals surface area contributed by atoms with E-state index in [2.05, 4.69) is 20.6 Å². The molecule has 0 spiro atoms. The first kappa shape index (κ1) is 17.3. The Morgan fingerprint density at radius 1 is 1.19 bits per heavy atom. The van der Waals surface area contributed by atoms with Crippen LogP contribution in [0.4, 0.5) is 17.5 Å². The van der Waals surface area contributed by atoms with E-state index < -0.39 is 11.8 Å². The minimum Gasteiger partial charge on any atom is -0.342 e. The summed E-state index contributed by atoms with van der Waals surface area (Å²) in [6.45, 7) is 3.58. The molecule has 0 saturated carbocycles. The number of rotatable bonds is 3. The molecule has 27 heavy (non-hydrogen) atoms. The van der Waals surface area contributed by atoms with E-state index in [1.54, 1.807) is 12.1 Å². The standard InChI is InChI=1S/C19H21N5O3/c1-11-4-6-12(7-5-11)20-17(26)13-10-14(25)21-16-15(13)18(27)23-19(22-16)24-8-2-3-9-24/h4-7,13H,2-3,8-10H2,1H3,(H,20,26)(H2,21,22,23,25,27). The summed E-state index contributed by atoms with van der Waals surface area (Å²) in [6, 6.07) is 7.34. The molecule has 1 atom stereocenters. The molecule has 0 bridgehead atoms. The van der Waals surface area contributed by atoms with Crippen LogP contribution in [0.1, 0.15) is 36.3 Å². The van der Waals surface area contributed by atoms with Gasteiger partial charge in [0, 0.05) is 25.2 Å². The van der Waals surface area contributed by atoms with Gasteiger partial charge in [-0.25, -0.2) is 0 Å². The van der Waals surface area contributed by atoms with Gasteiger partial charge < -0.3 is 15.5 Å². The molecule has 8 nitrogen and oxygen atoms in total. The normalized spacial score (nSPS) is 18.8. The zero-order valence-corrected chi connectivity index (χ0v) is 15.0. The lowest BCUT2D eigenvalue weighted by atomic mass is 9.92. The number of amides is 2. The molecule has 2 aliphatic heterocycles. The minimum absolute atomic E-state index is 0.0848. The lowest BCUT2D eigenvalue weighted by Crippen LogP contribution is -2.37. The number of anilines is 3. The van der Waals surface area contributed by atoms with Crippen molar-refractivity contribution in [3.05, 3.63) is 45.7 Å². The van der Waals surface area contributed by atoms with Crippen LogP contribution in [0.2, 0.25) is 0 Å². The molecule has 4 rings (SSSR count). The van der Waals surface area contributed by atoms with Gasteiger partial charge in [0.05, 0.1) is 11.5 Å². The number of hydrogen-bond acceptors (Lipinski definition) is 5. The number of aromatic nitrogens is 2. The molecule has 1 fully saturated rings. The second-order valence-corrected chi connectivity index (χ2v) is 7.01. The lowest BCUT2D eigenvalue weighted by molar-refractivity contribution is -0.123. The zero-order chi connectivity index (χ0) is 19.0. The average Bonchev–Trinajstić information content (AvgIpc) is 3.17. The molecule has 2 amide bonds. The van der Waals surface area contributed by atoms with Crippen LogP contribution in [0.25, 0.3) is 0 Å². The third-order valence-electron chi connectivity index (χ3n) is 4.98. The van der Waals surface area contributed by atoms with Crippen molar-refractivity contribution >= 4 is 29.3 Å². The highest BCUT2D eigenvalue weighted by Gasteiger charge is 2.35. The van der Waals surface area contributed by atoms with Gasteiger partial charge in [-0.1, -0.05) is 17.7 Å². The Kier molecular flexibility index (Phi) is 4.39. The molecule has 3 heterocycles. The van der Waals surface area contributed by atoms with Gasteiger partial charge >= 0.3 is 0 Å². The molecule has 0 radical (unpaired) electrons. The maximum Gasteiger partial charge on any atom is 0.258 e. The third kappa shape index (κ3) is 3.42. The van der Waals surface area contributed by atoms with Crippen LogP contribution in [0, 0.1) is 6.92 Å². The highest BCUT2D eigenvalue weighted by Crippen LogP contribution is 2.30. The predicted molar refractivity (Wildman–Crippen MR) is 102 cm³/mol. The highest BCUT2D eigenvalue weighted by atomic mass is 16.2. The van der Waals surface area contributed by atoms with Crippen LogP contribution in [0.3, 0.4) is 0 Å². The topological polar surface area (TPSA) is 107 Å². The molecular formula is C19H21N5O3. The van der Waals surface area contributed by atoms with Gasteiger partial charge in [0.2, 0.25) is 17.8 Å². The van der Waals surface area contributed by atoms with Crippen LogP contribution in [0.5, 0.6) is 0 Å². The molecule has 140 valence electrons. The van der Waals surface area contributed by atoms with Gasteiger partial charge in [0.15, 0.2) is 0 Å². The fraction of sp³-hybridized carbons (Fsp3) is 0.368. The molecule has 1 unspecified atom stereocenters. The molecule has 3 N–H and O–H groups in total. The Morgan fingerprint density at radius 3 is 2.59 bits per heavy atom. The number of nitrogens with one attached hydrogen (secondary N) is 3. The second kappa shape index (κ2) is 6.86. The van der Waals surface area contributed by atoms with Gasteiger partial charge in [-0.05, 0) is 31.9 Å². The van der Waals surface area contributed by atoms with Gasteiger partial charge in [-0.2, -0.15) is 4.98 Å². The molecular weight excluding hydrogens is 346 g/mol. The maximum atomic E-state index is 12.8. The third-order valence-corrected chi connectivity index (χ3v) is 4.98. The fourth-order valence-corrected chi connectivity index (χ4v) is 3.53. The molecule has 2 aromatic rings. The Hall–Kier alpha value is -3.16. The van der Waals surface area contributed by atoms with Crippen LogP contribution in [0.15, 0.2) is 29.1 Å². The van der Waals surface area contributed by atoms with Crippen molar-refractivity contribution in [2.45, 2.75) is 32.1 Å². The van der Waals surface area contributed by atoms with Crippen LogP contribution < -0.4 is 21.1 Å². The number of aromatic amines is 1. The van der Waals surface area contributed by atoms with E-state index in [9.17, 15) is 14.4 Å². The summed E-state index contributed by atoms with van der Waals surface area (Å²) in [6.07, 6.45) is 1.99. The quantitative estimate of drug-likeness (QED) is 0.766. The van der Waals surface area contributed by atoms with Crippen LogP contribution in [-0.2, 0) is 9.59 Å². The number of H-pyrrole nitrogens is 1. The smallest absolute Gasteiger partial charge is 0.258 e. The van der Waals surface area contributed by atoms with E-state index in [1.165, 1.54) is 0 Å². The minimum atomic E-state index is -0.876. The monoisotopic (exact) mass is 367 g/mol. The number of benzene rings is 1. The lowest BCUT2D eigenvalue weighted by Gasteiger charge is -2.25. The van der Waals surface area contributed by atoms with E-state index in [1.807, 2.05) is 24.0 Å². The number of fused-ring (bicyclic) bond motifs is 1. The number of carbonyl (C=O) groups excluding carboxylic acids is 2. The Morgan fingerprint density at radius 2 is 1.89 bits per heavy atom. The summed E-state index contributed by atoms with van der Waals surface area (Å²) in [5.41, 5.74) is 1.52. The first-order valence-corrected chi connectivity index (χ1v) is 9.08. The Bertz CT molecular complexity index is 945. The average molecular weight is 367 g/mol. The summed E-state index contributed by atoms with van der Waals surface area (Å²) in [5, 5.41) is 5.43. The number of aryl methyl sites for hydroxylation is 1. The van der Waals surface area contributed by atoms with Crippen LogP contribution >= 0.6 is 0 Å². The second-order valence-electron chi connectivity index (χ2n) is 7.01. The van der Waals surface area contributed by atoms with Gasteiger partial charge in [-0.15, -0.1) is 0 Å². The van der Waals surface area contributed by atoms with Gasteiger partial charge in [0.25, 0.3) is 5.56 Å². The number of carbonyl (C=O) groups is 2. The van der Waals surface area contributed by atoms with Gasteiger partial charge in [-0.3, -0.25) is 19.4 Å². The van der Waals surface area contributed by atoms with Crippen molar-refractivity contribution in [2.24, 2.45) is 0 Å².